The molecule has 2 fully saturated rings. The molecule has 0 aromatic rings. The predicted molar refractivity (Wildman–Crippen MR) is 72.1 cm³/mol. The highest BCUT2D eigenvalue weighted by Crippen LogP contribution is 2.34. The molecule has 0 spiro atoms. The van der Waals surface area contributed by atoms with Crippen molar-refractivity contribution in [2.24, 2.45) is 11.8 Å². The Bertz CT molecular complexity index is 295. The van der Waals surface area contributed by atoms with Crippen molar-refractivity contribution in [2.75, 3.05) is 20.3 Å². The number of hydrogen-bond acceptors (Lipinski definition) is 4. The van der Waals surface area contributed by atoms with Crippen molar-refractivity contribution in [3.8, 4) is 0 Å². The summed E-state index contributed by atoms with van der Waals surface area (Å²) in [6.45, 7) is 5.55. The van der Waals surface area contributed by atoms with Gasteiger partial charge in [-0.05, 0) is 31.1 Å². The van der Waals surface area contributed by atoms with Crippen LogP contribution in [0.15, 0.2) is 0 Å². The van der Waals surface area contributed by atoms with Gasteiger partial charge >= 0.3 is 0 Å². The van der Waals surface area contributed by atoms with E-state index in [9.17, 15) is 4.79 Å². The first kappa shape index (κ1) is 14.9. The van der Waals surface area contributed by atoms with Crippen molar-refractivity contribution in [3.63, 3.8) is 0 Å². The zero-order valence-corrected chi connectivity index (χ0v) is 12.3. The summed E-state index contributed by atoms with van der Waals surface area (Å²) in [5.41, 5.74) is 0. The molecule has 2 saturated carbocycles. The molecule has 0 heterocycles. The Hall–Kier alpha value is -0.450. The minimum Gasteiger partial charge on any atom is -0.382 e. The van der Waals surface area contributed by atoms with Crippen LogP contribution in [-0.2, 0) is 19.0 Å². The lowest BCUT2D eigenvalue weighted by Crippen LogP contribution is -2.52. The molecule has 0 amide bonds. The monoisotopic (exact) mass is 270 g/mol. The minimum atomic E-state index is -0.359. The van der Waals surface area contributed by atoms with Crippen LogP contribution in [0.4, 0.5) is 0 Å². The number of methoxy groups -OCH3 is 1. The zero-order chi connectivity index (χ0) is 13.8. The second-order valence-electron chi connectivity index (χ2n) is 6.17. The molecule has 0 radical (unpaired) electrons. The van der Waals surface area contributed by atoms with Crippen molar-refractivity contribution in [1.29, 1.82) is 0 Å². The van der Waals surface area contributed by atoms with E-state index in [1.165, 1.54) is 6.42 Å². The summed E-state index contributed by atoms with van der Waals surface area (Å²) < 4.78 is 16.6. The van der Waals surface area contributed by atoms with E-state index in [1.54, 1.807) is 7.11 Å². The van der Waals surface area contributed by atoms with Crippen molar-refractivity contribution in [3.05, 3.63) is 0 Å². The molecule has 4 heteroatoms. The average Bonchev–Trinajstić information content (AvgIpc) is 2.33. The predicted octanol–water partition coefficient (Wildman–Crippen LogP) is 2.20. The second kappa shape index (κ2) is 6.82. The molecule has 0 N–H and O–H groups in total. The highest BCUT2D eigenvalue weighted by molar-refractivity contribution is 5.90. The average molecular weight is 270 g/mol. The van der Waals surface area contributed by atoms with Gasteiger partial charge in [0.25, 0.3) is 0 Å². The van der Waals surface area contributed by atoms with Crippen molar-refractivity contribution in [2.45, 2.75) is 57.8 Å². The van der Waals surface area contributed by atoms with Crippen molar-refractivity contribution < 1.29 is 19.0 Å². The Morgan fingerprint density at radius 2 is 1.79 bits per heavy atom. The topological polar surface area (TPSA) is 44.8 Å². The molecule has 110 valence electrons. The number of ether oxygens (including phenoxy) is 3. The molecule has 0 saturated heterocycles. The summed E-state index contributed by atoms with van der Waals surface area (Å²) in [5, 5.41) is 0. The summed E-state index contributed by atoms with van der Waals surface area (Å²) in [5.74, 6) is 1.60. The Morgan fingerprint density at radius 3 is 2.37 bits per heavy atom. The van der Waals surface area contributed by atoms with E-state index in [0.29, 0.717) is 25.7 Å². The number of carbonyl (C=O) groups is 1. The maximum absolute atomic E-state index is 11.6. The number of rotatable bonds is 6. The Labute approximate surface area is 115 Å². The SMILES string of the molecule is COCCOC1C(=O)CC1OC1CC(C)CC(C)C1. The van der Waals surface area contributed by atoms with Gasteiger partial charge in [-0.15, -0.1) is 0 Å². The van der Waals surface area contributed by atoms with E-state index in [1.807, 2.05) is 0 Å². The lowest BCUT2D eigenvalue weighted by Gasteiger charge is -2.40. The fourth-order valence-corrected chi connectivity index (χ4v) is 3.28. The van der Waals surface area contributed by atoms with Gasteiger partial charge in [0.05, 0.1) is 25.4 Å². The van der Waals surface area contributed by atoms with Crippen molar-refractivity contribution >= 4 is 5.78 Å². The molecule has 4 unspecified atom stereocenters. The lowest BCUT2D eigenvalue weighted by molar-refractivity contribution is -0.179. The summed E-state index contributed by atoms with van der Waals surface area (Å²) in [6.07, 6.45) is 3.92. The second-order valence-corrected chi connectivity index (χ2v) is 6.17. The molecular weight excluding hydrogens is 244 g/mol. The summed E-state index contributed by atoms with van der Waals surface area (Å²) in [6, 6.07) is 0. The smallest absolute Gasteiger partial charge is 0.166 e. The van der Waals surface area contributed by atoms with Gasteiger partial charge in [0.2, 0.25) is 0 Å². The first-order chi connectivity index (χ1) is 9.10. The number of carbonyl (C=O) groups excluding carboxylic acids is 1. The number of Topliss-reactive ketones (excluding diaryl/α,β-unsaturated/α-hetero) is 1. The van der Waals surface area contributed by atoms with Crippen LogP contribution in [0.3, 0.4) is 0 Å². The first-order valence-electron chi connectivity index (χ1n) is 7.38. The van der Waals surface area contributed by atoms with Crippen LogP contribution in [0.5, 0.6) is 0 Å². The van der Waals surface area contributed by atoms with Crippen LogP contribution in [0.2, 0.25) is 0 Å². The zero-order valence-electron chi connectivity index (χ0n) is 12.3. The molecule has 4 atom stereocenters. The highest BCUT2D eigenvalue weighted by atomic mass is 16.6. The van der Waals surface area contributed by atoms with Gasteiger partial charge in [-0.25, -0.2) is 0 Å². The highest BCUT2D eigenvalue weighted by Gasteiger charge is 2.43. The van der Waals surface area contributed by atoms with E-state index < -0.39 is 0 Å². The van der Waals surface area contributed by atoms with Crippen LogP contribution in [0.1, 0.15) is 39.5 Å². The van der Waals surface area contributed by atoms with Gasteiger partial charge in [0.1, 0.15) is 6.10 Å². The largest absolute Gasteiger partial charge is 0.382 e. The molecule has 0 bridgehead atoms. The van der Waals surface area contributed by atoms with E-state index in [-0.39, 0.29) is 18.0 Å². The number of ketones is 1. The molecule has 0 aromatic carbocycles. The Kier molecular flexibility index (Phi) is 5.37. The van der Waals surface area contributed by atoms with E-state index >= 15 is 0 Å². The van der Waals surface area contributed by atoms with Crippen LogP contribution >= 0.6 is 0 Å². The van der Waals surface area contributed by atoms with E-state index in [2.05, 4.69) is 13.8 Å². The fraction of sp³-hybridized carbons (Fsp3) is 0.933. The van der Waals surface area contributed by atoms with Gasteiger partial charge in [-0.1, -0.05) is 13.8 Å². The van der Waals surface area contributed by atoms with Crippen LogP contribution in [-0.4, -0.2) is 44.4 Å². The van der Waals surface area contributed by atoms with Gasteiger partial charge in [0, 0.05) is 13.5 Å². The molecule has 19 heavy (non-hydrogen) atoms. The molecule has 0 aromatic heterocycles. The Balaban J connectivity index is 1.77. The molecule has 2 aliphatic rings. The third-order valence-corrected chi connectivity index (χ3v) is 4.14. The summed E-state index contributed by atoms with van der Waals surface area (Å²) >= 11 is 0. The molecule has 4 nitrogen and oxygen atoms in total. The maximum Gasteiger partial charge on any atom is 0.166 e. The standard InChI is InChI=1S/C15H26O4/c1-10-6-11(2)8-12(7-10)19-14-9-13(16)15(14)18-5-4-17-3/h10-12,14-15H,4-9H2,1-3H3. The maximum atomic E-state index is 11.6. The van der Waals surface area contributed by atoms with Crippen molar-refractivity contribution in [1.82, 2.24) is 0 Å². The van der Waals surface area contributed by atoms with Gasteiger partial charge < -0.3 is 14.2 Å². The first-order valence-corrected chi connectivity index (χ1v) is 7.38. The normalized spacial score (nSPS) is 39.1. The van der Waals surface area contributed by atoms with E-state index in [0.717, 1.165) is 24.7 Å². The molecule has 0 aliphatic heterocycles. The molecule has 2 rings (SSSR count). The van der Waals surface area contributed by atoms with Gasteiger partial charge in [-0.3, -0.25) is 4.79 Å². The Morgan fingerprint density at radius 1 is 1.11 bits per heavy atom. The molecular formula is C15H26O4. The third-order valence-electron chi connectivity index (χ3n) is 4.14. The van der Waals surface area contributed by atoms with Gasteiger partial charge in [0.15, 0.2) is 5.78 Å². The summed E-state index contributed by atoms with van der Waals surface area (Å²) in [4.78, 5) is 11.6. The fourth-order valence-electron chi connectivity index (χ4n) is 3.28. The van der Waals surface area contributed by atoms with Crippen LogP contribution < -0.4 is 0 Å². The quantitative estimate of drug-likeness (QED) is 0.694. The number of hydrogen-bond donors (Lipinski definition) is 0. The lowest BCUT2D eigenvalue weighted by atomic mass is 9.81. The van der Waals surface area contributed by atoms with Crippen LogP contribution in [0, 0.1) is 11.8 Å². The molecule has 2 aliphatic carbocycles. The minimum absolute atomic E-state index is 0.0353. The third kappa shape index (κ3) is 4.01. The summed E-state index contributed by atoms with van der Waals surface area (Å²) in [7, 11) is 1.63. The van der Waals surface area contributed by atoms with Gasteiger partial charge in [-0.2, -0.15) is 0 Å². The van der Waals surface area contributed by atoms with Crippen LogP contribution in [0.25, 0.3) is 0 Å². The van der Waals surface area contributed by atoms with E-state index in [4.69, 9.17) is 14.2 Å².